The lowest BCUT2D eigenvalue weighted by Gasteiger charge is -2.18. The van der Waals surface area contributed by atoms with E-state index in [2.05, 4.69) is 19.9 Å². The van der Waals surface area contributed by atoms with Crippen molar-refractivity contribution in [1.82, 2.24) is 15.2 Å². The van der Waals surface area contributed by atoms with E-state index >= 15 is 0 Å². The summed E-state index contributed by atoms with van der Waals surface area (Å²) in [5, 5.41) is 6.61. The van der Waals surface area contributed by atoms with E-state index in [-0.39, 0.29) is 4.90 Å². The van der Waals surface area contributed by atoms with E-state index in [1.807, 2.05) is 42.3 Å². The number of H-pyrrole nitrogens is 1. The van der Waals surface area contributed by atoms with Crippen molar-refractivity contribution >= 4 is 27.2 Å². The Morgan fingerprint density at radius 3 is 2.36 bits per heavy atom. The van der Waals surface area contributed by atoms with E-state index in [9.17, 15) is 8.42 Å². The van der Waals surface area contributed by atoms with Gasteiger partial charge in [-0.1, -0.05) is 18.2 Å². The average molecular weight is 357 g/mol. The van der Waals surface area contributed by atoms with Gasteiger partial charge in [0.1, 0.15) is 10.7 Å². The van der Waals surface area contributed by atoms with Crippen LogP contribution in [0.15, 0.2) is 53.6 Å². The van der Waals surface area contributed by atoms with Gasteiger partial charge in [0, 0.05) is 12.7 Å². The molecule has 3 aromatic rings. The lowest BCUT2D eigenvalue weighted by Crippen LogP contribution is -2.15. The molecule has 0 atom stereocenters. The predicted molar refractivity (Wildman–Crippen MR) is 97.6 cm³/mol. The fourth-order valence-corrected chi connectivity index (χ4v) is 3.99. The van der Waals surface area contributed by atoms with Crippen molar-refractivity contribution < 1.29 is 8.42 Å². The topological polar surface area (TPSA) is 91.0 Å². The summed E-state index contributed by atoms with van der Waals surface area (Å²) < 4.78 is 27.6. The zero-order chi connectivity index (χ0) is 18.0. The lowest BCUT2D eigenvalue weighted by atomic mass is 10.3. The minimum atomic E-state index is -3.71. The van der Waals surface area contributed by atoms with Gasteiger partial charge >= 0.3 is 0 Å². The molecule has 0 aliphatic rings. The zero-order valence-corrected chi connectivity index (χ0v) is 15.0. The number of aryl methyl sites for hydroxylation is 2. The monoisotopic (exact) mass is 357 g/mol. The van der Waals surface area contributed by atoms with Crippen molar-refractivity contribution in [2.75, 3.05) is 16.7 Å². The van der Waals surface area contributed by atoms with Crippen molar-refractivity contribution in [1.29, 1.82) is 0 Å². The van der Waals surface area contributed by atoms with Crippen LogP contribution in [0.5, 0.6) is 0 Å². The minimum Gasteiger partial charge on any atom is -0.329 e. The van der Waals surface area contributed by atoms with E-state index in [0.717, 1.165) is 5.69 Å². The molecule has 1 aromatic carbocycles. The molecule has 130 valence electrons. The van der Waals surface area contributed by atoms with Crippen LogP contribution in [0.2, 0.25) is 0 Å². The Balaban J connectivity index is 1.81. The molecule has 0 fully saturated rings. The first-order valence-corrected chi connectivity index (χ1v) is 9.16. The Kier molecular flexibility index (Phi) is 4.45. The number of hydrogen-bond donors (Lipinski definition) is 2. The Labute approximate surface area is 146 Å². The van der Waals surface area contributed by atoms with E-state index in [0.29, 0.717) is 22.9 Å². The number of pyridine rings is 1. The highest BCUT2D eigenvalue weighted by atomic mass is 32.2. The van der Waals surface area contributed by atoms with Crippen molar-refractivity contribution in [3.05, 3.63) is 60.0 Å². The molecule has 25 heavy (non-hydrogen) atoms. The normalized spacial score (nSPS) is 11.3. The summed E-state index contributed by atoms with van der Waals surface area (Å²) in [5.74, 6) is 0.713. The van der Waals surface area contributed by atoms with Crippen LogP contribution in [0.25, 0.3) is 0 Å². The number of para-hydroxylation sites is 1. The molecule has 0 amide bonds. The molecule has 2 N–H and O–H groups in total. The van der Waals surface area contributed by atoms with E-state index < -0.39 is 10.0 Å². The van der Waals surface area contributed by atoms with Crippen LogP contribution < -0.4 is 9.62 Å². The van der Waals surface area contributed by atoms with Crippen molar-refractivity contribution in [2.45, 2.75) is 18.7 Å². The molecular weight excluding hydrogens is 338 g/mol. The number of aromatic amines is 1. The highest BCUT2D eigenvalue weighted by Gasteiger charge is 2.22. The highest BCUT2D eigenvalue weighted by Crippen LogP contribution is 2.24. The van der Waals surface area contributed by atoms with Crippen molar-refractivity contribution in [2.24, 2.45) is 0 Å². The fraction of sp³-hybridized carbons (Fsp3) is 0.176. The molecule has 0 bridgehead atoms. The largest absolute Gasteiger partial charge is 0.329 e. The molecule has 0 spiro atoms. The van der Waals surface area contributed by atoms with Crippen LogP contribution in [0.1, 0.15) is 11.4 Å². The second-order valence-electron chi connectivity index (χ2n) is 5.67. The van der Waals surface area contributed by atoms with Crippen LogP contribution in [0.3, 0.4) is 0 Å². The number of sulfonamides is 1. The number of nitrogens with zero attached hydrogens (tertiary/aromatic N) is 3. The summed E-state index contributed by atoms with van der Waals surface area (Å²) in [4.78, 5) is 6.42. The number of hydrogen-bond acceptors (Lipinski definition) is 5. The first-order valence-electron chi connectivity index (χ1n) is 7.68. The van der Waals surface area contributed by atoms with Crippen LogP contribution in [-0.4, -0.2) is 30.6 Å². The third kappa shape index (κ3) is 3.48. The quantitative estimate of drug-likeness (QED) is 0.732. The Hall–Kier alpha value is -2.87. The standard InChI is InChI=1S/C17H19N5O2S/c1-12-17(13(2)20-19-12)25(23,24)21-14-9-10-16(18-11-14)22(3)15-7-5-4-6-8-15/h4-11,21H,1-3H3,(H,19,20). The maximum atomic E-state index is 12.5. The Bertz CT molecular complexity index is 947. The molecule has 0 saturated carbocycles. The van der Waals surface area contributed by atoms with E-state index in [1.165, 1.54) is 6.20 Å². The van der Waals surface area contributed by atoms with Gasteiger partial charge in [0.25, 0.3) is 10.0 Å². The van der Waals surface area contributed by atoms with Crippen molar-refractivity contribution in [3.8, 4) is 0 Å². The van der Waals surface area contributed by atoms with Crippen LogP contribution in [0, 0.1) is 13.8 Å². The molecule has 2 heterocycles. The minimum absolute atomic E-state index is 0.165. The summed E-state index contributed by atoms with van der Waals surface area (Å²) in [7, 11) is -1.81. The van der Waals surface area contributed by atoms with Gasteiger partial charge in [0.2, 0.25) is 0 Å². The smallest absolute Gasteiger partial charge is 0.265 e. The molecule has 0 aliphatic heterocycles. The van der Waals surface area contributed by atoms with Crippen LogP contribution in [0.4, 0.5) is 17.2 Å². The maximum Gasteiger partial charge on any atom is 0.265 e. The molecule has 0 radical (unpaired) electrons. The van der Waals surface area contributed by atoms with E-state index in [4.69, 9.17) is 0 Å². The van der Waals surface area contributed by atoms with Gasteiger partial charge in [-0.25, -0.2) is 13.4 Å². The number of anilines is 3. The first kappa shape index (κ1) is 17.0. The third-order valence-electron chi connectivity index (χ3n) is 3.82. The zero-order valence-electron chi connectivity index (χ0n) is 14.2. The lowest BCUT2D eigenvalue weighted by molar-refractivity contribution is 0.600. The highest BCUT2D eigenvalue weighted by molar-refractivity contribution is 7.92. The van der Waals surface area contributed by atoms with Crippen LogP contribution >= 0.6 is 0 Å². The summed E-state index contributed by atoms with van der Waals surface area (Å²) in [6.07, 6.45) is 1.50. The van der Waals surface area contributed by atoms with E-state index in [1.54, 1.807) is 26.0 Å². The summed E-state index contributed by atoms with van der Waals surface area (Å²) in [5.41, 5.74) is 2.31. The number of rotatable bonds is 5. The molecular formula is C17H19N5O2S. The molecule has 0 aliphatic carbocycles. The van der Waals surface area contributed by atoms with Gasteiger partial charge in [-0.3, -0.25) is 9.82 Å². The SMILES string of the molecule is Cc1n[nH]c(C)c1S(=O)(=O)Nc1ccc(N(C)c2ccccc2)nc1. The number of aromatic nitrogens is 3. The molecule has 7 nitrogen and oxygen atoms in total. The Morgan fingerprint density at radius 2 is 1.80 bits per heavy atom. The second-order valence-corrected chi connectivity index (χ2v) is 7.29. The summed E-state index contributed by atoms with van der Waals surface area (Å²) >= 11 is 0. The number of nitrogens with one attached hydrogen (secondary N) is 2. The second kappa shape index (κ2) is 6.56. The first-order chi connectivity index (χ1) is 11.9. The maximum absolute atomic E-state index is 12.5. The fourth-order valence-electron chi connectivity index (χ4n) is 2.57. The van der Waals surface area contributed by atoms with Gasteiger partial charge in [-0.2, -0.15) is 5.10 Å². The third-order valence-corrected chi connectivity index (χ3v) is 5.46. The van der Waals surface area contributed by atoms with Crippen molar-refractivity contribution in [3.63, 3.8) is 0 Å². The summed E-state index contributed by atoms with van der Waals surface area (Å²) in [6.45, 7) is 3.32. The number of benzene rings is 1. The van der Waals surface area contributed by atoms with Crippen LogP contribution in [-0.2, 0) is 10.0 Å². The van der Waals surface area contributed by atoms with Gasteiger partial charge in [0.15, 0.2) is 0 Å². The van der Waals surface area contributed by atoms with Gasteiger partial charge in [-0.15, -0.1) is 0 Å². The molecule has 0 saturated heterocycles. The summed E-state index contributed by atoms with van der Waals surface area (Å²) in [6, 6.07) is 13.2. The van der Waals surface area contributed by atoms with Gasteiger partial charge in [0.05, 0.1) is 23.3 Å². The average Bonchev–Trinajstić information content (AvgIpc) is 2.95. The predicted octanol–water partition coefficient (Wildman–Crippen LogP) is 2.99. The van der Waals surface area contributed by atoms with Gasteiger partial charge < -0.3 is 4.90 Å². The Morgan fingerprint density at radius 1 is 1.08 bits per heavy atom. The molecule has 0 unspecified atom stereocenters. The molecule has 3 rings (SSSR count). The van der Waals surface area contributed by atoms with Gasteiger partial charge in [-0.05, 0) is 38.1 Å². The molecule has 2 aromatic heterocycles. The molecule has 8 heteroatoms.